The first-order chi connectivity index (χ1) is 7.33. The Morgan fingerprint density at radius 1 is 1.27 bits per heavy atom. The maximum atomic E-state index is 5.76. The highest BCUT2D eigenvalue weighted by molar-refractivity contribution is 6.28. The molecule has 3 nitrogen and oxygen atoms in total. The van der Waals surface area contributed by atoms with Gasteiger partial charge < -0.3 is 5.32 Å². The summed E-state index contributed by atoms with van der Waals surface area (Å²) in [6, 6.07) is 2.51. The number of aromatic nitrogens is 2. The predicted molar refractivity (Wildman–Crippen MR) is 59.9 cm³/mol. The van der Waals surface area contributed by atoms with Crippen molar-refractivity contribution in [2.75, 3.05) is 5.32 Å². The van der Waals surface area contributed by atoms with Gasteiger partial charge in [-0.2, -0.15) is 0 Å². The Kier molecular flexibility index (Phi) is 2.28. The van der Waals surface area contributed by atoms with Crippen LogP contribution in [0.25, 0.3) is 0 Å². The Balaban J connectivity index is 1.71. The SMILES string of the molecule is Clc1nccc(NC(C2CC2)C2CC2)n1. The van der Waals surface area contributed by atoms with Crippen molar-refractivity contribution in [3.8, 4) is 0 Å². The van der Waals surface area contributed by atoms with Crippen molar-refractivity contribution >= 4 is 17.4 Å². The zero-order valence-electron chi connectivity index (χ0n) is 8.49. The highest BCUT2D eigenvalue weighted by atomic mass is 35.5. The molecule has 0 saturated heterocycles. The van der Waals surface area contributed by atoms with Crippen LogP contribution < -0.4 is 5.32 Å². The molecule has 0 aromatic carbocycles. The van der Waals surface area contributed by atoms with E-state index >= 15 is 0 Å². The van der Waals surface area contributed by atoms with Crippen LogP contribution >= 0.6 is 11.6 Å². The summed E-state index contributed by atoms with van der Waals surface area (Å²) in [6.07, 6.45) is 7.18. The van der Waals surface area contributed by atoms with Crippen molar-refractivity contribution in [1.29, 1.82) is 0 Å². The highest BCUT2D eigenvalue weighted by Gasteiger charge is 2.41. The van der Waals surface area contributed by atoms with E-state index in [0.717, 1.165) is 17.7 Å². The lowest BCUT2D eigenvalue weighted by atomic mass is 10.1. The smallest absolute Gasteiger partial charge is 0.224 e. The van der Waals surface area contributed by atoms with E-state index in [9.17, 15) is 0 Å². The highest BCUT2D eigenvalue weighted by Crippen LogP contribution is 2.45. The summed E-state index contributed by atoms with van der Waals surface area (Å²) in [5.74, 6) is 2.61. The van der Waals surface area contributed by atoms with Crippen molar-refractivity contribution in [2.24, 2.45) is 11.8 Å². The van der Waals surface area contributed by atoms with E-state index in [-0.39, 0.29) is 0 Å². The minimum Gasteiger partial charge on any atom is -0.367 e. The average Bonchev–Trinajstić information content (AvgIpc) is 3.07. The first-order valence-electron chi connectivity index (χ1n) is 5.58. The molecule has 1 heterocycles. The molecule has 1 aromatic heterocycles. The predicted octanol–water partition coefficient (Wildman–Crippen LogP) is 2.73. The minimum atomic E-state index is 0.324. The largest absolute Gasteiger partial charge is 0.367 e. The molecule has 2 aliphatic rings. The Hall–Kier alpha value is -0.830. The van der Waals surface area contributed by atoms with Crippen molar-refractivity contribution < 1.29 is 0 Å². The first-order valence-corrected chi connectivity index (χ1v) is 5.96. The summed E-state index contributed by atoms with van der Waals surface area (Å²) < 4.78 is 0. The van der Waals surface area contributed by atoms with Crippen molar-refractivity contribution in [1.82, 2.24) is 9.97 Å². The van der Waals surface area contributed by atoms with Gasteiger partial charge in [-0.05, 0) is 55.2 Å². The molecule has 0 unspecified atom stereocenters. The van der Waals surface area contributed by atoms with Crippen LogP contribution in [0.3, 0.4) is 0 Å². The van der Waals surface area contributed by atoms with Gasteiger partial charge in [0.1, 0.15) is 5.82 Å². The molecule has 1 aromatic rings. The summed E-state index contributed by atoms with van der Waals surface area (Å²) in [5, 5.41) is 3.83. The van der Waals surface area contributed by atoms with E-state index in [1.165, 1.54) is 25.7 Å². The number of nitrogens with zero attached hydrogens (tertiary/aromatic N) is 2. The summed E-state index contributed by atoms with van der Waals surface area (Å²) in [4.78, 5) is 8.06. The summed E-state index contributed by atoms with van der Waals surface area (Å²) in [6.45, 7) is 0. The summed E-state index contributed by atoms with van der Waals surface area (Å²) in [7, 11) is 0. The Bertz CT molecular complexity index is 349. The van der Waals surface area contributed by atoms with E-state index in [1.54, 1.807) is 6.20 Å². The molecular weight excluding hydrogens is 210 g/mol. The number of hydrogen-bond acceptors (Lipinski definition) is 3. The molecule has 15 heavy (non-hydrogen) atoms. The first kappa shape index (κ1) is 9.40. The molecule has 2 aliphatic carbocycles. The van der Waals surface area contributed by atoms with Gasteiger partial charge in [-0.15, -0.1) is 0 Å². The van der Waals surface area contributed by atoms with Crippen molar-refractivity contribution in [3.05, 3.63) is 17.5 Å². The molecule has 0 atom stereocenters. The standard InChI is InChI=1S/C11H14ClN3/c12-11-13-6-5-9(15-11)14-10(7-1-2-7)8-3-4-8/h5-8,10H,1-4H2,(H,13,14,15). The zero-order valence-corrected chi connectivity index (χ0v) is 9.24. The third-order valence-electron chi connectivity index (χ3n) is 3.20. The second-order valence-electron chi connectivity index (χ2n) is 4.56. The van der Waals surface area contributed by atoms with Crippen LogP contribution in [0.2, 0.25) is 5.28 Å². The molecule has 0 radical (unpaired) electrons. The lowest BCUT2D eigenvalue weighted by Gasteiger charge is -2.17. The minimum absolute atomic E-state index is 0.324. The molecule has 3 rings (SSSR count). The van der Waals surface area contributed by atoms with Gasteiger partial charge in [0.05, 0.1) is 0 Å². The fourth-order valence-electron chi connectivity index (χ4n) is 2.12. The van der Waals surface area contributed by atoms with Gasteiger partial charge in [0.15, 0.2) is 0 Å². The molecule has 0 bridgehead atoms. The molecule has 2 fully saturated rings. The third-order valence-corrected chi connectivity index (χ3v) is 3.38. The van der Waals surface area contributed by atoms with Crippen molar-refractivity contribution in [2.45, 2.75) is 31.7 Å². The van der Waals surface area contributed by atoms with E-state index in [4.69, 9.17) is 11.6 Å². The van der Waals surface area contributed by atoms with Gasteiger partial charge in [0.2, 0.25) is 5.28 Å². The van der Waals surface area contributed by atoms with Gasteiger partial charge in [0, 0.05) is 12.2 Å². The lowest BCUT2D eigenvalue weighted by molar-refractivity contribution is 0.565. The topological polar surface area (TPSA) is 37.8 Å². The molecule has 0 aliphatic heterocycles. The Labute approximate surface area is 94.3 Å². The average molecular weight is 224 g/mol. The molecule has 1 N–H and O–H groups in total. The van der Waals surface area contributed by atoms with Crippen molar-refractivity contribution in [3.63, 3.8) is 0 Å². The van der Waals surface area contributed by atoms with Crippen LogP contribution in [0.1, 0.15) is 25.7 Å². The molecule has 2 saturated carbocycles. The molecule has 0 amide bonds. The van der Waals surface area contributed by atoms with Crippen LogP contribution in [0, 0.1) is 11.8 Å². The normalized spacial score (nSPS) is 20.7. The van der Waals surface area contributed by atoms with E-state index in [1.807, 2.05) is 6.07 Å². The van der Waals surface area contributed by atoms with Gasteiger partial charge in [-0.1, -0.05) is 0 Å². The number of anilines is 1. The van der Waals surface area contributed by atoms with E-state index in [2.05, 4.69) is 15.3 Å². The second-order valence-corrected chi connectivity index (χ2v) is 4.89. The van der Waals surface area contributed by atoms with Crippen LogP contribution in [0.15, 0.2) is 12.3 Å². The van der Waals surface area contributed by atoms with Gasteiger partial charge in [-0.25, -0.2) is 9.97 Å². The number of hydrogen-bond donors (Lipinski definition) is 1. The summed E-state index contributed by atoms with van der Waals surface area (Å²) >= 11 is 5.76. The number of nitrogens with one attached hydrogen (secondary N) is 1. The van der Waals surface area contributed by atoms with Crippen LogP contribution in [0.4, 0.5) is 5.82 Å². The monoisotopic (exact) mass is 223 g/mol. The number of halogens is 1. The van der Waals surface area contributed by atoms with Crippen LogP contribution in [0.5, 0.6) is 0 Å². The molecular formula is C11H14ClN3. The summed E-state index contributed by atoms with van der Waals surface area (Å²) in [5.41, 5.74) is 0. The van der Waals surface area contributed by atoms with E-state index < -0.39 is 0 Å². The van der Waals surface area contributed by atoms with Crippen LogP contribution in [-0.2, 0) is 0 Å². The lowest BCUT2D eigenvalue weighted by Crippen LogP contribution is -2.24. The molecule has 80 valence electrons. The van der Waals surface area contributed by atoms with Crippen LogP contribution in [-0.4, -0.2) is 16.0 Å². The molecule has 4 heteroatoms. The quantitative estimate of drug-likeness (QED) is 0.798. The second kappa shape index (κ2) is 3.63. The molecule has 0 spiro atoms. The number of rotatable bonds is 4. The fraction of sp³-hybridized carbons (Fsp3) is 0.636. The zero-order chi connectivity index (χ0) is 10.3. The Morgan fingerprint density at radius 2 is 1.93 bits per heavy atom. The maximum Gasteiger partial charge on any atom is 0.224 e. The van der Waals surface area contributed by atoms with E-state index in [0.29, 0.717) is 11.3 Å². The fourth-order valence-corrected chi connectivity index (χ4v) is 2.26. The maximum absolute atomic E-state index is 5.76. The van der Waals surface area contributed by atoms with Gasteiger partial charge in [0.25, 0.3) is 0 Å². The van der Waals surface area contributed by atoms with Gasteiger partial charge >= 0.3 is 0 Å². The third kappa shape index (κ3) is 2.23. The van der Waals surface area contributed by atoms with Gasteiger partial charge in [-0.3, -0.25) is 0 Å². The Morgan fingerprint density at radius 3 is 2.47 bits per heavy atom.